The Morgan fingerprint density at radius 1 is 1.31 bits per heavy atom. The Kier molecular flexibility index (Phi) is 3.08. The van der Waals surface area contributed by atoms with Crippen molar-refractivity contribution in [1.29, 1.82) is 0 Å². The van der Waals surface area contributed by atoms with E-state index in [4.69, 9.17) is 33.7 Å². The zero-order valence-corrected chi connectivity index (χ0v) is 9.76. The van der Waals surface area contributed by atoms with Crippen molar-refractivity contribution in [1.82, 2.24) is 0 Å². The molecule has 1 aromatic rings. The molecule has 2 rings (SSSR count). The van der Waals surface area contributed by atoms with E-state index in [-0.39, 0.29) is 18.3 Å². The first kappa shape index (κ1) is 11.3. The number of nitrogens with two attached hydrogens (primary N) is 1. The SMILES string of the molecule is NC1=CC(c2ccc(Cl)c(Cl)c2)C(=O)CO1. The van der Waals surface area contributed by atoms with Crippen molar-refractivity contribution < 1.29 is 9.53 Å². The first-order chi connectivity index (χ1) is 7.58. The van der Waals surface area contributed by atoms with Crippen molar-refractivity contribution in [2.45, 2.75) is 5.92 Å². The number of rotatable bonds is 1. The van der Waals surface area contributed by atoms with Gasteiger partial charge in [-0.1, -0.05) is 29.3 Å². The van der Waals surface area contributed by atoms with Crippen LogP contribution in [0.5, 0.6) is 0 Å². The highest BCUT2D eigenvalue weighted by atomic mass is 35.5. The number of allylic oxidation sites excluding steroid dienone is 1. The first-order valence-electron chi connectivity index (χ1n) is 4.65. The molecule has 1 aliphatic heterocycles. The van der Waals surface area contributed by atoms with Gasteiger partial charge in [0.25, 0.3) is 0 Å². The molecule has 0 amide bonds. The molecule has 16 heavy (non-hydrogen) atoms. The Morgan fingerprint density at radius 3 is 2.75 bits per heavy atom. The molecule has 1 heterocycles. The van der Waals surface area contributed by atoms with Gasteiger partial charge in [-0.15, -0.1) is 0 Å². The van der Waals surface area contributed by atoms with E-state index in [9.17, 15) is 4.79 Å². The molecule has 5 heteroatoms. The summed E-state index contributed by atoms with van der Waals surface area (Å²) in [4.78, 5) is 11.6. The normalized spacial score (nSPS) is 20.2. The lowest BCUT2D eigenvalue weighted by Crippen LogP contribution is -2.24. The van der Waals surface area contributed by atoms with Gasteiger partial charge in [-0.2, -0.15) is 0 Å². The maximum absolute atomic E-state index is 11.6. The summed E-state index contributed by atoms with van der Waals surface area (Å²) in [5.41, 5.74) is 6.29. The Balaban J connectivity index is 2.39. The quantitative estimate of drug-likeness (QED) is 0.841. The van der Waals surface area contributed by atoms with Gasteiger partial charge < -0.3 is 10.5 Å². The highest BCUT2D eigenvalue weighted by molar-refractivity contribution is 6.42. The lowest BCUT2D eigenvalue weighted by atomic mass is 9.94. The molecule has 0 bridgehead atoms. The van der Waals surface area contributed by atoms with Crippen LogP contribution >= 0.6 is 23.2 Å². The van der Waals surface area contributed by atoms with Crippen molar-refractivity contribution >= 4 is 29.0 Å². The second-order valence-corrected chi connectivity index (χ2v) is 4.29. The fourth-order valence-corrected chi connectivity index (χ4v) is 1.84. The Bertz CT molecular complexity index is 471. The third-order valence-electron chi connectivity index (χ3n) is 2.36. The fourth-order valence-electron chi connectivity index (χ4n) is 1.54. The highest BCUT2D eigenvalue weighted by Gasteiger charge is 2.24. The molecule has 3 nitrogen and oxygen atoms in total. The summed E-state index contributed by atoms with van der Waals surface area (Å²) in [6, 6.07) is 5.08. The molecule has 0 radical (unpaired) electrons. The minimum absolute atomic E-state index is 0.00670. The maximum Gasteiger partial charge on any atom is 0.181 e. The lowest BCUT2D eigenvalue weighted by molar-refractivity contribution is -0.124. The number of ether oxygens (including phenoxy) is 1. The van der Waals surface area contributed by atoms with Gasteiger partial charge in [0.05, 0.1) is 16.0 Å². The van der Waals surface area contributed by atoms with E-state index in [0.29, 0.717) is 10.0 Å². The van der Waals surface area contributed by atoms with Crippen LogP contribution in [0.4, 0.5) is 0 Å². The summed E-state index contributed by atoms with van der Waals surface area (Å²) in [7, 11) is 0. The zero-order chi connectivity index (χ0) is 11.7. The van der Waals surface area contributed by atoms with Gasteiger partial charge in [0.1, 0.15) is 6.61 Å². The average molecular weight is 258 g/mol. The minimum atomic E-state index is -0.400. The average Bonchev–Trinajstić information content (AvgIpc) is 2.26. The summed E-state index contributed by atoms with van der Waals surface area (Å²) >= 11 is 11.7. The van der Waals surface area contributed by atoms with Crippen LogP contribution in [0.25, 0.3) is 0 Å². The summed E-state index contributed by atoms with van der Waals surface area (Å²) in [6.07, 6.45) is 1.57. The number of carbonyl (C=O) groups excluding carboxylic acids is 1. The van der Waals surface area contributed by atoms with Gasteiger partial charge in [-0.3, -0.25) is 4.79 Å². The minimum Gasteiger partial charge on any atom is -0.472 e. The molecule has 84 valence electrons. The smallest absolute Gasteiger partial charge is 0.181 e. The predicted molar refractivity (Wildman–Crippen MR) is 62.4 cm³/mol. The van der Waals surface area contributed by atoms with Crippen LogP contribution in [0.15, 0.2) is 30.2 Å². The zero-order valence-electron chi connectivity index (χ0n) is 8.24. The van der Waals surface area contributed by atoms with Crippen LogP contribution in [0, 0.1) is 0 Å². The predicted octanol–water partition coefficient (Wildman–Crippen LogP) is 2.48. The third-order valence-corrected chi connectivity index (χ3v) is 3.10. The Labute approximate surface area is 103 Å². The van der Waals surface area contributed by atoms with Crippen LogP contribution in [0.3, 0.4) is 0 Å². The number of hydrogen-bond donors (Lipinski definition) is 1. The molecule has 1 atom stereocenters. The van der Waals surface area contributed by atoms with E-state index in [0.717, 1.165) is 5.56 Å². The Hall–Kier alpha value is -1.19. The molecule has 0 saturated heterocycles. The summed E-state index contributed by atoms with van der Waals surface area (Å²) in [6.45, 7) is -0.00670. The molecular formula is C11H9Cl2NO2. The van der Waals surface area contributed by atoms with E-state index < -0.39 is 5.92 Å². The number of carbonyl (C=O) groups is 1. The number of hydrogen-bond acceptors (Lipinski definition) is 3. The van der Waals surface area contributed by atoms with Crippen molar-refractivity contribution in [2.75, 3.05) is 6.61 Å². The van der Waals surface area contributed by atoms with Gasteiger partial charge in [0.2, 0.25) is 0 Å². The van der Waals surface area contributed by atoms with Gasteiger partial charge in [0, 0.05) is 0 Å². The highest BCUT2D eigenvalue weighted by Crippen LogP contribution is 2.29. The van der Waals surface area contributed by atoms with Crippen LogP contribution in [-0.4, -0.2) is 12.4 Å². The van der Waals surface area contributed by atoms with Gasteiger partial charge >= 0.3 is 0 Å². The number of benzene rings is 1. The molecule has 2 N–H and O–H groups in total. The molecule has 1 aliphatic rings. The molecule has 0 aliphatic carbocycles. The molecule has 1 unspecified atom stereocenters. The molecular weight excluding hydrogens is 249 g/mol. The number of Topliss-reactive ketones (excluding diaryl/α,β-unsaturated/α-hetero) is 1. The molecule has 0 saturated carbocycles. The Morgan fingerprint density at radius 2 is 2.06 bits per heavy atom. The summed E-state index contributed by atoms with van der Waals surface area (Å²) < 4.78 is 4.93. The summed E-state index contributed by atoms with van der Waals surface area (Å²) in [5.74, 6) is -0.188. The molecule has 0 fully saturated rings. The molecule has 0 aromatic heterocycles. The van der Waals surface area contributed by atoms with E-state index in [2.05, 4.69) is 0 Å². The molecule has 0 spiro atoms. The van der Waals surface area contributed by atoms with E-state index >= 15 is 0 Å². The van der Waals surface area contributed by atoms with Crippen molar-refractivity contribution in [3.63, 3.8) is 0 Å². The number of halogens is 2. The largest absolute Gasteiger partial charge is 0.472 e. The van der Waals surface area contributed by atoms with Crippen molar-refractivity contribution in [3.05, 3.63) is 45.8 Å². The van der Waals surface area contributed by atoms with E-state index in [1.165, 1.54) is 0 Å². The van der Waals surface area contributed by atoms with E-state index in [1.807, 2.05) is 0 Å². The topological polar surface area (TPSA) is 52.3 Å². The van der Waals surface area contributed by atoms with E-state index in [1.54, 1.807) is 24.3 Å². The van der Waals surface area contributed by atoms with Crippen molar-refractivity contribution in [2.24, 2.45) is 5.73 Å². The first-order valence-corrected chi connectivity index (χ1v) is 5.41. The maximum atomic E-state index is 11.6. The van der Waals surface area contributed by atoms with Crippen LogP contribution < -0.4 is 5.73 Å². The van der Waals surface area contributed by atoms with Gasteiger partial charge in [0.15, 0.2) is 11.7 Å². The van der Waals surface area contributed by atoms with Crippen LogP contribution in [0.1, 0.15) is 11.5 Å². The van der Waals surface area contributed by atoms with Crippen molar-refractivity contribution in [3.8, 4) is 0 Å². The van der Waals surface area contributed by atoms with Crippen LogP contribution in [-0.2, 0) is 9.53 Å². The fraction of sp³-hybridized carbons (Fsp3) is 0.182. The second-order valence-electron chi connectivity index (χ2n) is 3.48. The monoisotopic (exact) mass is 257 g/mol. The third kappa shape index (κ3) is 2.15. The van der Waals surface area contributed by atoms with Gasteiger partial charge in [-0.05, 0) is 23.8 Å². The standard InChI is InChI=1S/C11H9Cl2NO2/c12-8-2-1-6(3-9(8)13)7-4-11(14)16-5-10(7)15/h1-4,7H,5,14H2. The lowest BCUT2D eigenvalue weighted by Gasteiger charge is -2.19. The number of ketones is 1. The molecule has 1 aromatic carbocycles. The van der Waals surface area contributed by atoms with Gasteiger partial charge in [-0.25, -0.2) is 0 Å². The summed E-state index contributed by atoms with van der Waals surface area (Å²) in [5, 5.41) is 0.882. The second kappa shape index (κ2) is 4.36. The van der Waals surface area contributed by atoms with Crippen LogP contribution in [0.2, 0.25) is 10.0 Å².